The first kappa shape index (κ1) is 7.47. The van der Waals surface area contributed by atoms with E-state index in [9.17, 15) is 13.9 Å². The summed E-state index contributed by atoms with van der Waals surface area (Å²) >= 11 is 0. The molecule has 64 valence electrons. The highest BCUT2D eigenvalue weighted by molar-refractivity contribution is 5.02. The third kappa shape index (κ3) is 0.901. The summed E-state index contributed by atoms with van der Waals surface area (Å²) in [6, 6.07) is 0. The van der Waals surface area contributed by atoms with Gasteiger partial charge in [0.1, 0.15) is 5.60 Å². The number of hydrogen-bond acceptors (Lipinski definition) is 1. The molecule has 0 aliphatic heterocycles. The average molecular weight is 162 g/mol. The Hall–Kier alpha value is -0.180. The van der Waals surface area contributed by atoms with E-state index in [0.29, 0.717) is 12.3 Å². The molecule has 0 aromatic carbocycles. The molecule has 3 atom stereocenters. The molecule has 0 aromatic rings. The Kier molecular flexibility index (Phi) is 1.46. The summed E-state index contributed by atoms with van der Waals surface area (Å²) < 4.78 is 24.7. The molecular formula is C8H12F2O. The van der Waals surface area contributed by atoms with Crippen LogP contribution in [0, 0.1) is 11.8 Å². The molecular weight excluding hydrogens is 150 g/mol. The highest BCUT2D eigenvalue weighted by atomic mass is 19.3. The van der Waals surface area contributed by atoms with Gasteiger partial charge in [0.2, 0.25) is 0 Å². The molecule has 1 nitrogen and oxygen atoms in total. The van der Waals surface area contributed by atoms with E-state index < -0.39 is 12.0 Å². The maximum Gasteiger partial charge on any atom is 0.267 e. The number of halogens is 2. The van der Waals surface area contributed by atoms with Crippen molar-refractivity contribution in [1.29, 1.82) is 0 Å². The van der Waals surface area contributed by atoms with Gasteiger partial charge >= 0.3 is 0 Å². The standard InChI is InChI=1S/C8H12F2O/c9-7(10)8(11)4-5-1-2-6(8)3-5/h5-7,11H,1-4H2. The van der Waals surface area contributed by atoms with Crippen LogP contribution >= 0.6 is 0 Å². The molecule has 3 heteroatoms. The summed E-state index contributed by atoms with van der Waals surface area (Å²) in [4.78, 5) is 0. The Morgan fingerprint density at radius 3 is 2.36 bits per heavy atom. The minimum Gasteiger partial charge on any atom is -0.384 e. The van der Waals surface area contributed by atoms with Crippen LogP contribution in [-0.4, -0.2) is 17.1 Å². The maximum atomic E-state index is 12.3. The predicted octanol–water partition coefficient (Wildman–Crippen LogP) is 1.80. The highest BCUT2D eigenvalue weighted by Gasteiger charge is 2.55. The summed E-state index contributed by atoms with van der Waals surface area (Å²) in [7, 11) is 0. The van der Waals surface area contributed by atoms with Gasteiger partial charge in [-0.25, -0.2) is 8.78 Å². The van der Waals surface area contributed by atoms with Crippen LogP contribution in [0.15, 0.2) is 0 Å². The van der Waals surface area contributed by atoms with Gasteiger partial charge in [-0.15, -0.1) is 0 Å². The topological polar surface area (TPSA) is 20.2 Å². The first-order valence-corrected chi connectivity index (χ1v) is 4.13. The lowest BCUT2D eigenvalue weighted by molar-refractivity contribution is -0.128. The second kappa shape index (κ2) is 2.16. The molecule has 0 heterocycles. The van der Waals surface area contributed by atoms with E-state index in [1.807, 2.05) is 0 Å². The maximum absolute atomic E-state index is 12.3. The fourth-order valence-electron chi connectivity index (χ4n) is 2.61. The number of fused-ring (bicyclic) bond motifs is 2. The molecule has 1 N–H and O–H groups in total. The summed E-state index contributed by atoms with van der Waals surface area (Å²) in [6.07, 6.45) is 0.444. The predicted molar refractivity (Wildman–Crippen MR) is 36.4 cm³/mol. The van der Waals surface area contributed by atoms with Gasteiger partial charge in [-0.05, 0) is 37.5 Å². The molecule has 0 radical (unpaired) electrons. The molecule has 0 spiro atoms. The van der Waals surface area contributed by atoms with Crippen LogP contribution in [0.25, 0.3) is 0 Å². The van der Waals surface area contributed by atoms with Gasteiger partial charge in [0, 0.05) is 0 Å². The summed E-state index contributed by atoms with van der Waals surface area (Å²) in [5.74, 6) is 0.256. The van der Waals surface area contributed by atoms with Crippen LogP contribution in [-0.2, 0) is 0 Å². The molecule has 2 aliphatic carbocycles. The summed E-state index contributed by atoms with van der Waals surface area (Å²) in [5.41, 5.74) is -1.62. The van der Waals surface area contributed by atoms with Gasteiger partial charge in [-0.3, -0.25) is 0 Å². The molecule has 2 rings (SSSR count). The molecule has 2 bridgehead atoms. The molecule has 2 saturated carbocycles. The molecule has 11 heavy (non-hydrogen) atoms. The minimum absolute atomic E-state index is 0.118. The molecule has 0 saturated heterocycles. The van der Waals surface area contributed by atoms with Crippen molar-refractivity contribution in [2.24, 2.45) is 11.8 Å². The van der Waals surface area contributed by atoms with E-state index in [-0.39, 0.29) is 5.92 Å². The van der Waals surface area contributed by atoms with E-state index in [1.165, 1.54) is 0 Å². The van der Waals surface area contributed by atoms with E-state index in [4.69, 9.17) is 0 Å². The van der Waals surface area contributed by atoms with Crippen LogP contribution in [0.1, 0.15) is 25.7 Å². The smallest absolute Gasteiger partial charge is 0.267 e. The normalized spacial score (nSPS) is 49.1. The number of rotatable bonds is 1. The zero-order chi connectivity index (χ0) is 8.06. The van der Waals surface area contributed by atoms with Crippen LogP contribution < -0.4 is 0 Å². The minimum atomic E-state index is -2.54. The third-order valence-corrected chi connectivity index (χ3v) is 3.24. The lowest BCUT2D eigenvalue weighted by Gasteiger charge is -2.31. The molecule has 0 amide bonds. The van der Waals surface area contributed by atoms with Crippen LogP contribution in [0.2, 0.25) is 0 Å². The Balaban J connectivity index is 2.16. The van der Waals surface area contributed by atoms with Crippen molar-refractivity contribution in [3.05, 3.63) is 0 Å². The van der Waals surface area contributed by atoms with Gasteiger partial charge in [0.15, 0.2) is 0 Å². The second-order valence-electron chi connectivity index (χ2n) is 3.87. The largest absolute Gasteiger partial charge is 0.384 e. The van der Waals surface area contributed by atoms with Crippen molar-refractivity contribution < 1.29 is 13.9 Å². The quantitative estimate of drug-likeness (QED) is 0.623. The Morgan fingerprint density at radius 2 is 2.09 bits per heavy atom. The second-order valence-corrected chi connectivity index (χ2v) is 3.87. The number of aliphatic hydroxyl groups is 1. The van der Waals surface area contributed by atoms with E-state index in [2.05, 4.69) is 0 Å². The van der Waals surface area contributed by atoms with Crippen molar-refractivity contribution in [3.63, 3.8) is 0 Å². The van der Waals surface area contributed by atoms with E-state index in [1.54, 1.807) is 0 Å². The average Bonchev–Trinajstić information content (AvgIpc) is 2.45. The zero-order valence-electron chi connectivity index (χ0n) is 6.26. The van der Waals surface area contributed by atoms with Crippen molar-refractivity contribution >= 4 is 0 Å². The zero-order valence-corrected chi connectivity index (χ0v) is 6.26. The lowest BCUT2D eigenvalue weighted by Crippen LogP contribution is -2.42. The van der Waals surface area contributed by atoms with E-state index >= 15 is 0 Å². The first-order chi connectivity index (χ1) is 5.13. The van der Waals surface area contributed by atoms with Crippen LogP contribution in [0.5, 0.6) is 0 Å². The van der Waals surface area contributed by atoms with Crippen molar-refractivity contribution in [2.75, 3.05) is 0 Å². The summed E-state index contributed by atoms with van der Waals surface area (Å²) in [5, 5.41) is 9.51. The van der Waals surface area contributed by atoms with Crippen molar-refractivity contribution in [2.45, 2.75) is 37.7 Å². The van der Waals surface area contributed by atoms with Crippen LogP contribution in [0.4, 0.5) is 8.78 Å². The van der Waals surface area contributed by atoms with Crippen molar-refractivity contribution in [1.82, 2.24) is 0 Å². The fourth-order valence-corrected chi connectivity index (χ4v) is 2.61. The third-order valence-electron chi connectivity index (χ3n) is 3.24. The van der Waals surface area contributed by atoms with Gasteiger partial charge < -0.3 is 5.11 Å². The molecule has 0 aromatic heterocycles. The molecule has 2 fully saturated rings. The van der Waals surface area contributed by atoms with Gasteiger partial charge in [0.05, 0.1) is 0 Å². The lowest BCUT2D eigenvalue weighted by atomic mass is 9.85. The van der Waals surface area contributed by atoms with Crippen LogP contribution in [0.3, 0.4) is 0 Å². The number of alkyl halides is 2. The van der Waals surface area contributed by atoms with Gasteiger partial charge in [-0.2, -0.15) is 0 Å². The Bertz CT molecular complexity index is 171. The molecule has 3 unspecified atom stereocenters. The fraction of sp³-hybridized carbons (Fsp3) is 1.00. The van der Waals surface area contributed by atoms with E-state index in [0.717, 1.165) is 19.3 Å². The first-order valence-electron chi connectivity index (χ1n) is 4.13. The van der Waals surface area contributed by atoms with Gasteiger partial charge in [-0.1, -0.05) is 0 Å². The monoisotopic (exact) mass is 162 g/mol. The summed E-state index contributed by atoms with van der Waals surface area (Å²) in [6.45, 7) is 0. The van der Waals surface area contributed by atoms with Crippen molar-refractivity contribution in [3.8, 4) is 0 Å². The van der Waals surface area contributed by atoms with Gasteiger partial charge in [0.25, 0.3) is 6.43 Å². The number of hydrogen-bond donors (Lipinski definition) is 1. The molecule has 2 aliphatic rings. The Morgan fingerprint density at radius 1 is 1.36 bits per heavy atom. The SMILES string of the molecule is OC1(C(F)F)CC2CCC1C2. The Labute approximate surface area is 64.4 Å². The highest BCUT2D eigenvalue weighted by Crippen LogP contribution is 2.52.